The zero-order valence-electron chi connectivity index (χ0n) is 13.2. The third-order valence-corrected chi connectivity index (χ3v) is 6.37. The van der Waals surface area contributed by atoms with E-state index in [1.807, 2.05) is 19.2 Å². The fraction of sp³-hybridized carbons (Fsp3) is 0.625. The van der Waals surface area contributed by atoms with Gasteiger partial charge in [0.15, 0.2) is 0 Å². The molecule has 2 atom stereocenters. The van der Waals surface area contributed by atoms with Crippen LogP contribution in [0.5, 0.6) is 0 Å². The number of sulfonamides is 1. The van der Waals surface area contributed by atoms with E-state index in [1.165, 1.54) is 6.42 Å². The highest BCUT2D eigenvalue weighted by molar-refractivity contribution is 7.89. The summed E-state index contributed by atoms with van der Waals surface area (Å²) >= 11 is 0. The highest BCUT2D eigenvalue weighted by Crippen LogP contribution is 2.30. The fourth-order valence-corrected chi connectivity index (χ4v) is 4.75. The van der Waals surface area contributed by atoms with Gasteiger partial charge in [-0.05, 0) is 43.5 Å². The first-order valence-electron chi connectivity index (χ1n) is 7.68. The first-order valence-corrected chi connectivity index (χ1v) is 9.12. The van der Waals surface area contributed by atoms with Crippen molar-refractivity contribution >= 4 is 10.0 Å². The maximum absolute atomic E-state index is 12.8. The van der Waals surface area contributed by atoms with Gasteiger partial charge in [0.1, 0.15) is 0 Å². The summed E-state index contributed by atoms with van der Waals surface area (Å²) in [5.74, 6) is 0.430. The zero-order chi connectivity index (χ0) is 15.5. The van der Waals surface area contributed by atoms with Gasteiger partial charge in [-0.2, -0.15) is 4.31 Å². The van der Waals surface area contributed by atoms with Gasteiger partial charge in [0.2, 0.25) is 10.0 Å². The summed E-state index contributed by atoms with van der Waals surface area (Å²) in [4.78, 5) is 0.399. The minimum atomic E-state index is -3.41. The fourth-order valence-electron chi connectivity index (χ4n) is 3.20. The summed E-state index contributed by atoms with van der Waals surface area (Å²) in [6.07, 6.45) is 4.41. The third-order valence-electron chi connectivity index (χ3n) is 4.49. The third kappa shape index (κ3) is 3.65. The van der Waals surface area contributed by atoms with Crippen LogP contribution < -0.4 is 5.32 Å². The van der Waals surface area contributed by atoms with Crippen LogP contribution >= 0.6 is 0 Å². The summed E-state index contributed by atoms with van der Waals surface area (Å²) in [5, 5.41) is 3.05. The van der Waals surface area contributed by atoms with E-state index in [-0.39, 0.29) is 6.04 Å². The Morgan fingerprint density at radius 2 is 2.00 bits per heavy atom. The normalized spacial score (nSPS) is 23.4. The van der Waals surface area contributed by atoms with Crippen molar-refractivity contribution in [1.82, 2.24) is 9.62 Å². The molecule has 1 fully saturated rings. The Morgan fingerprint density at radius 1 is 1.29 bits per heavy atom. The van der Waals surface area contributed by atoms with Crippen molar-refractivity contribution < 1.29 is 8.42 Å². The molecule has 1 aliphatic rings. The monoisotopic (exact) mass is 310 g/mol. The molecule has 4 nitrogen and oxygen atoms in total. The molecule has 2 rings (SSSR count). The minimum Gasteiger partial charge on any atom is -0.316 e. The molecule has 1 saturated carbocycles. The van der Waals surface area contributed by atoms with E-state index in [4.69, 9.17) is 0 Å². The summed E-state index contributed by atoms with van der Waals surface area (Å²) in [6.45, 7) is 2.83. The van der Waals surface area contributed by atoms with Crippen molar-refractivity contribution in [2.24, 2.45) is 5.92 Å². The van der Waals surface area contributed by atoms with E-state index >= 15 is 0 Å². The molecule has 0 spiro atoms. The number of hydrogen-bond donors (Lipinski definition) is 1. The van der Waals surface area contributed by atoms with Crippen LogP contribution in [0.15, 0.2) is 29.2 Å². The molecule has 118 valence electrons. The summed E-state index contributed by atoms with van der Waals surface area (Å²) in [5.41, 5.74) is 0.990. The molecule has 0 bridgehead atoms. The number of benzene rings is 1. The standard InChI is InChI=1S/C16H26N2O2S/c1-13-7-4-5-10-16(13)18(3)21(19,20)15-9-6-8-14(11-15)12-17-2/h6,8-9,11,13,16-17H,4-5,7,10,12H2,1-3H3. The molecule has 21 heavy (non-hydrogen) atoms. The Hall–Kier alpha value is -0.910. The molecule has 0 saturated heterocycles. The second-order valence-corrected chi connectivity index (χ2v) is 8.03. The predicted molar refractivity (Wildman–Crippen MR) is 85.6 cm³/mol. The van der Waals surface area contributed by atoms with Crippen LogP contribution in [-0.4, -0.2) is 32.9 Å². The number of hydrogen-bond acceptors (Lipinski definition) is 3. The Bertz CT molecular complexity index is 571. The van der Waals surface area contributed by atoms with Gasteiger partial charge in [-0.25, -0.2) is 8.42 Å². The molecular weight excluding hydrogens is 284 g/mol. The second-order valence-electron chi connectivity index (χ2n) is 6.03. The van der Waals surface area contributed by atoms with Crippen molar-refractivity contribution in [3.63, 3.8) is 0 Å². The van der Waals surface area contributed by atoms with Crippen molar-refractivity contribution in [3.8, 4) is 0 Å². The van der Waals surface area contributed by atoms with Crippen LogP contribution in [0.2, 0.25) is 0 Å². The largest absolute Gasteiger partial charge is 0.316 e. The molecule has 0 aliphatic heterocycles. The molecule has 1 N–H and O–H groups in total. The lowest BCUT2D eigenvalue weighted by Gasteiger charge is -2.35. The Kier molecular flexibility index (Phi) is 5.41. The van der Waals surface area contributed by atoms with E-state index in [9.17, 15) is 8.42 Å². The Labute approximate surface area is 128 Å². The zero-order valence-corrected chi connectivity index (χ0v) is 14.0. The average molecular weight is 310 g/mol. The van der Waals surface area contributed by atoms with Crippen LogP contribution in [0, 0.1) is 5.92 Å². The van der Waals surface area contributed by atoms with E-state index in [0.717, 1.165) is 24.8 Å². The highest BCUT2D eigenvalue weighted by Gasteiger charge is 2.32. The van der Waals surface area contributed by atoms with Crippen LogP contribution in [0.1, 0.15) is 38.2 Å². The van der Waals surface area contributed by atoms with Crippen molar-refractivity contribution in [1.29, 1.82) is 0 Å². The molecule has 1 aliphatic carbocycles. The molecular formula is C16H26N2O2S. The van der Waals surface area contributed by atoms with Crippen molar-refractivity contribution in [2.75, 3.05) is 14.1 Å². The van der Waals surface area contributed by atoms with E-state index < -0.39 is 10.0 Å². The molecule has 5 heteroatoms. The van der Waals surface area contributed by atoms with Crippen LogP contribution in [0.3, 0.4) is 0 Å². The average Bonchev–Trinajstić information content (AvgIpc) is 2.48. The van der Waals surface area contributed by atoms with Gasteiger partial charge in [0, 0.05) is 19.6 Å². The highest BCUT2D eigenvalue weighted by atomic mass is 32.2. The van der Waals surface area contributed by atoms with Gasteiger partial charge in [-0.3, -0.25) is 0 Å². The number of rotatable bonds is 5. The molecule has 0 heterocycles. The van der Waals surface area contributed by atoms with Gasteiger partial charge in [-0.15, -0.1) is 0 Å². The lowest BCUT2D eigenvalue weighted by molar-refractivity contribution is 0.213. The van der Waals surface area contributed by atoms with E-state index in [1.54, 1.807) is 23.5 Å². The molecule has 0 amide bonds. The molecule has 1 aromatic rings. The van der Waals surface area contributed by atoms with Gasteiger partial charge >= 0.3 is 0 Å². The van der Waals surface area contributed by atoms with Crippen LogP contribution in [0.25, 0.3) is 0 Å². The second kappa shape index (κ2) is 6.90. The minimum absolute atomic E-state index is 0.122. The van der Waals surface area contributed by atoms with E-state index in [2.05, 4.69) is 12.2 Å². The summed E-state index contributed by atoms with van der Waals surface area (Å²) < 4.78 is 27.3. The maximum atomic E-state index is 12.8. The van der Waals surface area contributed by atoms with Crippen LogP contribution in [0.4, 0.5) is 0 Å². The van der Waals surface area contributed by atoms with Gasteiger partial charge in [0.05, 0.1) is 4.90 Å². The first-order chi connectivity index (χ1) is 9.96. The van der Waals surface area contributed by atoms with Crippen molar-refractivity contribution in [2.45, 2.75) is 50.1 Å². The van der Waals surface area contributed by atoms with Gasteiger partial charge < -0.3 is 5.32 Å². The molecule has 0 aromatic heterocycles. The molecule has 0 radical (unpaired) electrons. The van der Waals surface area contributed by atoms with Crippen molar-refractivity contribution in [3.05, 3.63) is 29.8 Å². The summed E-state index contributed by atoms with van der Waals surface area (Å²) in [6, 6.07) is 7.35. The van der Waals surface area contributed by atoms with Gasteiger partial charge in [0.25, 0.3) is 0 Å². The lowest BCUT2D eigenvalue weighted by atomic mass is 9.86. The quantitative estimate of drug-likeness (QED) is 0.909. The maximum Gasteiger partial charge on any atom is 0.243 e. The molecule has 1 aromatic carbocycles. The SMILES string of the molecule is CNCc1cccc(S(=O)(=O)N(C)C2CCCCC2C)c1. The van der Waals surface area contributed by atoms with Gasteiger partial charge in [-0.1, -0.05) is 31.9 Å². The molecule has 2 unspecified atom stereocenters. The Balaban J connectivity index is 2.26. The Morgan fingerprint density at radius 3 is 2.67 bits per heavy atom. The smallest absolute Gasteiger partial charge is 0.243 e. The predicted octanol–water partition coefficient (Wildman–Crippen LogP) is 2.61. The number of nitrogens with one attached hydrogen (secondary N) is 1. The van der Waals surface area contributed by atoms with Crippen LogP contribution in [-0.2, 0) is 16.6 Å². The number of nitrogens with zero attached hydrogens (tertiary/aromatic N) is 1. The topological polar surface area (TPSA) is 49.4 Å². The first kappa shape index (κ1) is 16.5. The summed E-state index contributed by atoms with van der Waals surface area (Å²) in [7, 11) is 0.180. The van der Waals surface area contributed by atoms with E-state index in [0.29, 0.717) is 17.4 Å². The lowest BCUT2D eigenvalue weighted by Crippen LogP contribution is -2.42.